The lowest BCUT2D eigenvalue weighted by atomic mass is 10.0. The largest absolute Gasteiger partial charge is 0.495 e. The summed E-state index contributed by atoms with van der Waals surface area (Å²) in [4.78, 5) is 10.9. The minimum absolute atomic E-state index is 0.384. The first-order valence-electron chi connectivity index (χ1n) is 4.97. The van der Waals surface area contributed by atoms with Crippen LogP contribution in [0.2, 0.25) is 0 Å². The Labute approximate surface area is 94.8 Å². The first kappa shape index (κ1) is 12.1. The Morgan fingerprint density at radius 2 is 2.19 bits per heavy atom. The molecule has 16 heavy (non-hydrogen) atoms. The predicted octanol–water partition coefficient (Wildman–Crippen LogP) is 2.28. The van der Waals surface area contributed by atoms with Crippen molar-refractivity contribution in [2.75, 3.05) is 12.4 Å². The van der Waals surface area contributed by atoms with E-state index in [1.807, 2.05) is 12.1 Å². The zero-order valence-electron chi connectivity index (χ0n) is 9.57. The number of nitriles is 1. The fourth-order valence-corrected chi connectivity index (χ4v) is 1.32. The van der Waals surface area contributed by atoms with Crippen molar-refractivity contribution >= 4 is 11.6 Å². The number of methoxy groups -OCH3 is 1. The first-order chi connectivity index (χ1) is 7.58. The highest BCUT2D eigenvalue weighted by Crippen LogP contribution is 2.28. The second-order valence-corrected chi connectivity index (χ2v) is 3.68. The van der Waals surface area contributed by atoms with Crippen molar-refractivity contribution in [2.45, 2.75) is 19.8 Å². The Hall–Kier alpha value is -2.02. The molecule has 1 N–H and O–H groups in total. The van der Waals surface area contributed by atoms with Gasteiger partial charge in [0.1, 0.15) is 5.75 Å². The van der Waals surface area contributed by atoms with Crippen LogP contribution in [0.25, 0.3) is 0 Å². The van der Waals surface area contributed by atoms with Crippen LogP contribution in [0, 0.1) is 11.3 Å². The monoisotopic (exact) mass is 218 g/mol. The number of ether oxygens (including phenoxy) is 1. The van der Waals surface area contributed by atoms with Crippen LogP contribution in [0.4, 0.5) is 5.69 Å². The molecule has 1 rings (SSSR count). The first-order valence-corrected chi connectivity index (χ1v) is 4.97. The molecule has 0 atom stereocenters. The smallest absolute Gasteiger partial charge is 0.326 e. The summed E-state index contributed by atoms with van der Waals surface area (Å²) in [5, 5.41) is 10.9. The van der Waals surface area contributed by atoms with E-state index in [1.54, 1.807) is 6.07 Å². The Morgan fingerprint density at radius 1 is 1.50 bits per heavy atom. The van der Waals surface area contributed by atoms with Gasteiger partial charge >= 0.3 is 5.91 Å². The molecule has 0 radical (unpaired) electrons. The minimum atomic E-state index is -0.699. The number of carbonyl (C=O) groups is 1. The van der Waals surface area contributed by atoms with Gasteiger partial charge in [-0.2, -0.15) is 5.26 Å². The molecule has 0 heterocycles. The Morgan fingerprint density at radius 3 is 2.69 bits per heavy atom. The summed E-state index contributed by atoms with van der Waals surface area (Å²) >= 11 is 0. The molecule has 4 nitrogen and oxygen atoms in total. The summed E-state index contributed by atoms with van der Waals surface area (Å²) in [5.41, 5.74) is 1.63. The second-order valence-electron chi connectivity index (χ2n) is 3.68. The molecule has 0 aliphatic rings. The molecule has 1 amide bonds. The van der Waals surface area contributed by atoms with Gasteiger partial charge in [0, 0.05) is 0 Å². The molecule has 1 aromatic rings. The SMILES string of the molecule is COc1cc(C(C)C)ccc1NC(=O)C#N. The number of rotatable bonds is 3. The van der Waals surface area contributed by atoms with Crippen molar-refractivity contribution in [3.8, 4) is 11.8 Å². The lowest BCUT2D eigenvalue weighted by Gasteiger charge is -2.12. The highest BCUT2D eigenvalue weighted by atomic mass is 16.5. The van der Waals surface area contributed by atoms with Crippen molar-refractivity contribution in [1.82, 2.24) is 0 Å². The highest BCUT2D eigenvalue weighted by molar-refractivity contribution is 6.03. The molecule has 0 aliphatic carbocycles. The van der Waals surface area contributed by atoms with Crippen LogP contribution < -0.4 is 10.1 Å². The van der Waals surface area contributed by atoms with Gasteiger partial charge in [-0.15, -0.1) is 0 Å². The number of anilines is 1. The molecule has 1 aromatic carbocycles. The molecule has 0 aromatic heterocycles. The Bertz CT molecular complexity index is 433. The minimum Gasteiger partial charge on any atom is -0.495 e. The lowest BCUT2D eigenvalue weighted by Crippen LogP contribution is -2.09. The highest BCUT2D eigenvalue weighted by Gasteiger charge is 2.08. The van der Waals surface area contributed by atoms with Crippen LogP contribution in [-0.2, 0) is 4.79 Å². The quantitative estimate of drug-likeness (QED) is 0.791. The van der Waals surface area contributed by atoms with Crippen LogP contribution in [-0.4, -0.2) is 13.0 Å². The van der Waals surface area contributed by atoms with Gasteiger partial charge in [-0.05, 0) is 23.6 Å². The van der Waals surface area contributed by atoms with E-state index >= 15 is 0 Å². The number of hydrogen-bond acceptors (Lipinski definition) is 3. The molecule has 0 spiro atoms. The molecule has 84 valence electrons. The maximum absolute atomic E-state index is 10.9. The third-order valence-electron chi connectivity index (χ3n) is 2.24. The Kier molecular flexibility index (Phi) is 3.90. The zero-order chi connectivity index (χ0) is 12.1. The van der Waals surface area contributed by atoms with E-state index in [4.69, 9.17) is 10.00 Å². The van der Waals surface area contributed by atoms with Gasteiger partial charge in [-0.3, -0.25) is 4.79 Å². The van der Waals surface area contributed by atoms with E-state index in [2.05, 4.69) is 19.2 Å². The van der Waals surface area contributed by atoms with Gasteiger partial charge in [0.2, 0.25) is 0 Å². The van der Waals surface area contributed by atoms with E-state index in [-0.39, 0.29) is 0 Å². The number of benzene rings is 1. The number of carbonyl (C=O) groups excluding carboxylic acids is 1. The summed E-state index contributed by atoms with van der Waals surface area (Å²) in [7, 11) is 1.53. The lowest BCUT2D eigenvalue weighted by molar-refractivity contribution is -0.111. The molecule has 0 unspecified atom stereocenters. The summed E-state index contributed by atoms with van der Waals surface area (Å²) in [6.45, 7) is 4.14. The predicted molar refractivity (Wildman–Crippen MR) is 61.3 cm³/mol. The number of nitrogens with one attached hydrogen (secondary N) is 1. The van der Waals surface area contributed by atoms with E-state index < -0.39 is 5.91 Å². The van der Waals surface area contributed by atoms with Crippen molar-refractivity contribution in [3.05, 3.63) is 23.8 Å². The van der Waals surface area contributed by atoms with E-state index in [0.717, 1.165) is 5.56 Å². The van der Waals surface area contributed by atoms with Gasteiger partial charge in [-0.1, -0.05) is 19.9 Å². The van der Waals surface area contributed by atoms with Gasteiger partial charge in [0.15, 0.2) is 6.07 Å². The van der Waals surface area contributed by atoms with Crippen LogP contribution in [0.5, 0.6) is 5.75 Å². The fraction of sp³-hybridized carbons (Fsp3) is 0.333. The molecule has 0 saturated carbocycles. The van der Waals surface area contributed by atoms with Crippen LogP contribution in [0.15, 0.2) is 18.2 Å². The fourth-order valence-electron chi connectivity index (χ4n) is 1.32. The topological polar surface area (TPSA) is 62.1 Å². The molecule has 0 bridgehead atoms. The summed E-state index contributed by atoms with van der Waals surface area (Å²) in [5.74, 6) is 0.250. The van der Waals surface area contributed by atoms with Crippen LogP contribution in [0.1, 0.15) is 25.3 Å². The van der Waals surface area contributed by atoms with Gasteiger partial charge in [-0.25, -0.2) is 0 Å². The van der Waals surface area contributed by atoms with E-state index in [1.165, 1.54) is 13.2 Å². The average molecular weight is 218 g/mol. The van der Waals surface area contributed by atoms with Gasteiger partial charge < -0.3 is 10.1 Å². The number of hydrogen-bond donors (Lipinski definition) is 1. The van der Waals surface area contributed by atoms with E-state index in [9.17, 15) is 4.79 Å². The van der Waals surface area contributed by atoms with Crippen molar-refractivity contribution < 1.29 is 9.53 Å². The average Bonchev–Trinajstić information content (AvgIpc) is 2.29. The Balaban J connectivity index is 3.03. The van der Waals surface area contributed by atoms with Crippen LogP contribution >= 0.6 is 0 Å². The molecule has 4 heteroatoms. The molecule has 0 aliphatic heterocycles. The van der Waals surface area contributed by atoms with Crippen LogP contribution in [0.3, 0.4) is 0 Å². The van der Waals surface area contributed by atoms with Crippen molar-refractivity contribution in [1.29, 1.82) is 5.26 Å². The molecular formula is C12H14N2O2. The molecule has 0 fully saturated rings. The maximum atomic E-state index is 10.9. The normalized spacial score (nSPS) is 9.69. The maximum Gasteiger partial charge on any atom is 0.326 e. The molecule has 0 saturated heterocycles. The number of nitrogens with zero attached hydrogens (tertiary/aromatic N) is 1. The summed E-state index contributed by atoms with van der Waals surface area (Å²) < 4.78 is 5.16. The third kappa shape index (κ3) is 2.74. The van der Waals surface area contributed by atoms with Gasteiger partial charge in [0.25, 0.3) is 0 Å². The van der Waals surface area contributed by atoms with Crippen molar-refractivity contribution in [3.63, 3.8) is 0 Å². The van der Waals surface area contributed by atoms with Crippen molar-refractivity contribution in [2.24, 2.45) is 0 Å². The van der Waals surface area contributed by atoms with Gasteiger partial charge in [0.05, 0.1) is 12.8 Å². The molecular weight excluding hydrogens is 204 g/mol. The standard InChI is InChI=1S/C12H14N2O2/c1-8(2)9-4-5-10(11(6-9)16-3)14-12(15)7-13/h4-6,8H,1-3H3,(H,14,15). The number of amides is 1. The third-order valence-corrected chi connectivity index (χ3v) is 2.24. The van der Waals surface area contributed by atoms with E-state index in [0.29, 0.717) is 17.4 Å². The summed E-state index contributed by atoms with van der Waals surface area (Å²) in [6, 6.07) is 7.00. The second kappa shape index (κ2) is 5.17. The summed E-state index contributed by atoms with van der Waals surface area (Å²) in [6.07, 6.45) is 0. The zero-order valence-corrected chi connectivity index (χ0v) is 9.57.